The molecular weight excluding hydrogens is 464 g/mol. The summed E-state index contributed by atoms with van der Waals surface area (Å²) in [5, 5.41) is 40.8. The lowest BCUT2D eigenvalue weighted by Crippen LogP contribution is -2.59. The van der Waals surface area contributed by atoms with Gasteiger partial charge in [-0.15, -0.1) is 0 Å². The molecule has 1 rings (SSSR count). The van der Waals surface area contributed by atoms with Gasteiger partial charge in [0.2, 0.25) is 0 Å². The van der Waals surface area contributed by atoms with Crippen LogP contribution in [0.2, 0.25) is 43.8 Å². The minimum Gasteiger partial charge on any atom is -0.459 e. The zero-order valence-corrected chi connectivity index (χ0v) is 23.3. The normalized spacial score (nSPS) is 27.8. The minimum absolute atomic E-state index is 0.0535. The second-order valence-corrected chi connectivity index (χ2v) is 21.8. The predicted octanol–water partition coefficient (Wildman–Crippen LogP) is 1.63. The Hall–Kier alpha value is -0.636. The fourth-order valence-corrected chi connectivity index (χ4v) is 4.40. The van der Waals surface area contributed by atoms with Crippen molar-refractivity contribution < 1.29 is 43.9 Å². The molecule has 1 heterocycles. The Bertz CT molecular complexity index is 657. The first-order chi connectivity index (χ1) is 14.9. The van der Waals surface area contributed by atoms with Gasteiger partial charge in [0, 0.05) is 14.7 Å². The number of rotatable bonds is 11. The van der Waals surface area contributed by atoms with Crippen LogP contribution in [0.3, 0.4) is 0 Å². The summed E-state index contributed by atoms with van der Waals surface area (Å²) in [7, 11) is -3.50. The van der Waals surface area contributed by atoms with Crippen molar-refractivity contribution in [3.63, 3.8) is 0 Å². The van der Waals surface area contributed by atoms with Gasteiger partial charge >= 0.3 is 5.97 Å². The fraction of sp³-hybridized carbons (Fsp3) is 0.864. The van der Waals surface area contributed by atoms with Gasteiger partial charge in [0.15, 0.2) is 14.6 Å². The van der Waals surface area contributed by atoms with Gasteiger partial charge in [-0.1, -0.05) is 47.0 Å². The third-order valence-corrected chi connectivity index (χ3v) is 12.5. The van der Waals surface area contributed by atoms with Crippen molar-refractivity contribution in [1.82, 2.24) is 0 Å². The Morgan fingerprint density at radius 1 is 1.06 bits per heavy atom. The number of aliphatic hydroxyl groups is 4. The molecule has 194 valence electrons. The molecule has 1 saturated heterocycles. The zero-order valence-electron chi connectivity index (χ0n) is 21.3. The first-order valence-corrected chi connectivity index (χ1v) is 18.0. The summed E-state index contributed by atoms with van der Waals surface area (Å²) >= 11 is 0. The van der Waals surface area contributed by atoms with Crippen molar-refractivity contribution >= 4 is 22.4 Å². The summed E-state index contributed by atoms with van der Waals surface area (Å²) in [6.07, 6.45) is -7.95. The average Bonchev–Trinajstić information content (AvgIpc) is 2.68. The van der Waals surface area contributed by atoms with Crippen LogP contribution in [0, 0.1) is 0 Å². The number of esters is 1. The summed E-state index contributed by atoms with van der Waals surface area (Å²) in [5.74, 6) is -0.867. The summed E-state index contributed by atoms with van der Waals surface area (Å²) in [6.45, 7) is 20.2. The first kappa shape index (κ1) is 30.4. The number of ether oxygens (including phenoxy) is 3. The van der Waals surface area contributed by atoms with E-state index in [1.54, 1.807) is 0 Å². The molecule has 6 atom stereocenters. The second-order valence-electron chi connectivity index (χ2n) is 11.4. The first-order valence-electron chi connectivity index (χ1n) is 11.4. The molecule has 0 radical (unpaired) electrons. The SMILES string of the molecule is C=C(C(=O)OC[C@H]1O[C@@H](OCC[Si](C)(C)C)[C@H](O)[C@@H](O)[C@@H]1O)[C@@H](O)CO[Si](C)(C)C(C)(C)C. The molecule has 1 aliphatic heterocycles. The van der Waals surface area contributed by atoms with E-state index in [-0.39, 0.29) is 17.2 Å². The number of hydrogen-bond acceptors (Lipinski definition) is 9. The van der Waals surface area contributed by atoms with Gasteiger partial charge in [-0.05, 0) is 24.2 Å². The van der Waals surface area contributed by atoms with Crippen LogP contribution in [0.25, 0.3) is 0 Å². The topological polar surface area (TPSA) is 135 Å². The highest BCUT2D eigenvalue weighted by molar-refractivity contribution is 6.76. The van der Waals surface area contributed by atoms with Crippen LogP contribution in [0.15, 0.2) is 12.2 Å². The van der Waals surface area contributed by atoms with E-state index in [0.29, 0.717) is 6.61 Å². The van der Waals surface area contributed by atoms with Crippen molar-refractivity contribution in [1.29, 1.82) is 0 Å². The molecule has 0 unspecified atom stereocenters. The summed E-state index contributed by atoms with van der Waals surface area (Å²) in [6, 6.07) is 0.826. The van der Waals surface area contributed by atoms with Crippen LogP contribution in [-0.2, 0) is 23.4 Å². The summed E-state index contributed by atoms with van der Waals surface area (Å²) < 4.78 is 22.2. The molecule has 1 fully saturated rings. The lowest BCUT2D eigenvalue weighted by molar-refractivity contribution is -0.300. The summed E-state index contributed by atoms with van der Waals surface area (Å²) in [4.78, 5) is 12.4. The molecule has 0 aromatic carbocycles. The lowest BCUT2D eigenvalue weighted by Gasteiger charge is -2.40. The van der Waals surface area contributed by atoms with E-state index in [2.05, 4.69) is 47.0 Å². The Morgan fingerprint density at radius 2 is 1.64 bits per heavy atom. The van der Waals surface area contributed by atoms with E-state index in [0.717, 1.165) is 6.04 Å². The van der Waals surface area contributed by atoms with Crippen molar-refractivity contribution in [3.05, 3.63) is 12.2 Å². The van der Waals surface area contributed by atoms with Crippen LogP contribution in [0.5, 0.6) is 0 Å². The highest BCUT2D eigenvalue weighted by Gasteiger charge is 2.45. The molecule has 0 saturated carbocycles. The van der Waals surface area contributed by atoms with Gasteiger partial charge in [0.25, 0.3) is 0 Å². The zero-order chi connectivity index (χ0) is 25.8. The van der Waals surface area contributed by atoms with Crippen molar-refractivity contribution in [2.75, 3.05) is 19.8 Å². The summed E-state index contributed by atoms with van der Waals surface area (Å²) in [5.41, 5.74) is -0.178. The molecular formula is C22H44O9Si2. The van der Waals surface area contributed by atoms with Gasteiger partial charge in [0.1, 0.15) is 37.1 Å². The Balaban J connectivity index is 2.62. The van der Waals surface area contributed by atoms with Crippen LogP contribution in [0.1, 0.15) is 20.8 Å². The van der Waals surface area contributed by atoms with E-state index in [1.807, 2.05) is 13.1 Å². The van der Waals surface area contributed by atoms with Crippen LogP contribution in [-0.4, -0.2) is 99.4 Å². The molecule has 1 aliphatic rings. The maximum Gasteiger partial charge on any atom is 0.336 e. The van der Waals surface area contributed by atoms with Crippen molar-refractivity contribution in [2.24, 2.45) is 0 Å². The third kappa shape index (κ3) is 9.15. The second kappa shape index (κ2) is 11.9. The van der Waals surface area contributed by atoms with Gasteiger partial charge in [-0.25, -0.2) is 4.79 Å². The Kier molecular flexibility index (Phi) is 10.9. The van der Waals surface area contributed by atoms with Crippen LogP contribution < -0.4 is 0 Å². The Morgan fingerprint density at radius 3 is 2.15 bits per heavy atom. The van der Waals surface area contributed by atoms with E-state index in [4.69, 9.17) is 18.6 Å². The Labute approximate surface area is 199 Å². The van der Waals surface area contributed by atoms with E-state index >= 15 is 0 Å². The molecule has 0 aromatic heterocycles. The van der Waals surface area contributed by atoms with Crippen LogP contribution >= 0.6 is 0 Å². The number of carbonyl (C=O) groups is 1. The van der Waals surface area contributed by atoms with Gasteiger partial charge in [-0.2, -0.15) is 0 Å². The van der Waals surface area contributed by atoms with E-state index in [9.17, 15) is 25.2 Å². The van der Waals surface area contributed by atoms with E-state index in [1.165, 1.54) is 0 Å². The number of carbonyl (C=O) groups excluding carboxylic acids is 1. The number of hydrogen-bond donors (Lipinski definition) is 4. The predicted molar refractivity (Wildman–Crippen MR) is 130 cm³/mol. The molecule has 0 aromatic rings. The van der Waals surface area contributed by atoms with Crippen molar-refractivity contribution in [3.8, 4) is 0 Å². The molecule has 0 spiro atoms. The molecule has 4 N–H and O–H groups in total. The quantitative estimate of drug-likeness (QED) is 0.187. The average molecular weight is 509 g/mol. The maximum atomic E-state index is 12.4. The van der Waals surface area contributed by atoms with Gasteiger partial charge in [0.05, 0.1) is 12.2 Å². The van der Waals surface area contributed by atoms with Crippen molar-refractivity contribution in [2.45, 2.75) is 101 Å². The highest BCUT2D eigenvalue weighted by Crippen LogP contribution is 2.36. The fourth-order valence-electron chi connectivity index (χ4n) is 2.66. The van der Waals surface area contributed by atoms with Gasteiger partial charge in [-0.3, -0.25) is 0 Å². The molecule has 9 nitrogen and oxygen atoms in total. The molecule has 0 aliphatic carbocycles. The smallest absolute Gasteiger partial charge is 0.336 e. The lowest BCUT2D eigenvalue weighted by atomic mass is 9.99. The van der Waals surface area contributed by atoms with Gasteiger partial charge < -0.3 is 39.1 Å². The minimum atomic E-state index is -2.12. The van der Waals surface area contributed by atoms with Crippen LogP contribution in [0.4, 0.5) is 0 Å². The van der Waals surface area contributed by atoms with E-state index < -0.39 is 65.8 Å². The largest absolute Gasteiger partial charge is 0.459 e. The monoisotopic (exact) mass is 508 g/mol. The third-order valence-electron chi connectivity index (χ3n) is 6.25. The molecule has 0 amide bonds. The highest BCUT2D eigenvalue weighted by atomic mass is 28.4. The standard InChI is InChI=1S/C22H44O9Si2/c1-14(15(23)12-30-33(8,9)22(2,3)4)20(27)29-13-16-17(24)18(25)19(26)21(31-16)28-10-11-32(5,6)7/h15-19,21,23-26H,1,10-13H2,2-9H3/t15-,16+,17+,18-,19+,21+/m0/s1. The molecule has 33 heavy (non-hydrogen) atoms. The molecule has 0 bridgehead atoms. The maximum absolute atomic E-state index is 12.4. The molecule has 11 heteroatoms. The number of aliphatic hydroxyl groups excluding tert-OH is 4.